The highest BCUT2D eigenvalue weighted by Crippen LogP contribution is 2.40. The maximum atomic E-state index is 13.2. The second-order valence-electron chi connectivity index (χ2n) is 16.1. The van der Waals surface area contributed by atoms with Gasteiger partial charge in [-0.1, -0.05) is 84.9 Å². The van der Waals surface area contributed by atoms with Crippen molar-refractivity contribution < 1.29 is 72.7 Å². The van der Waals surface area contributed by atoms with E-state index >= 15 is 0 Å². The normalized spacial score (nSPS) is 16.1. The van der Waals surface area contributed by atoms with Crippen molar-refractivity contribution >= 4 is 46.8 Å². The first-order chi connectivity index (χ1) is 30.5. The molecule has 4 aromatic carbocycles. The van der Waals surface area contributed by atoms with Crippen molar-refractivity contribution in [2.45, 2.75) is 64.0 Å². The second-order valence-corrected chi connectivity index (χ2v) is 16.1. The maximum Gasteiger partial charge on any atom is 0.455 e. The average Bonchev–Trinajstić information content (AvgIpc) is 3.44. The number of anilines is 2. The lowest BCUT2D eigenvalue weighted by Crippen LogP contribution is -2.54. The van der Waals surface area contributed by atoms with Crippen molar-refractivity contribution in [1.82, 2.24) is 21.3 Å². The van der Waals surface area contributed by atoms with E-state index in [1.807, 2.05) is 0 Å². The van der Waals surface area contributed by atoms with Gasteiger partial charge in [0.1, 0.15) is 22.9 Å². The number of benzene rings is 4. The molecule has 352 valence electrons. The van der Waals surface area contributed by atoms with Gasteiger partial charge in [-0.05, 0) is 62.1 Å². The van der Waals surface area contributed by atoms with E-state index in [9.17, 15) is 72.7 Å². The van der Waals surface area contributed by atoms with E-state index in [4.69, 9.17) is 0 Å². The van der Waals surface area contributed by atoms with Gasteiger partial charge in [0.2, 0.25) is 23.6 Å². The summed E-state index contributed by atoms with van der Waals surface area (Å²) in [6.45, 7) is 0.177. The van der Waals surface area contributed by atoms with Gasteiger partial charge < -0.3 is 31.9 Å². The topological polar surface area (TPSA) is 175 Å². The van der Waals surface area contributed by atoms with Crippen LogP contribution in [0.15, 0.2) is 97.1 Å². The zero-order chi connectivity index (χ0) is 49.2. The molecule has 0 radical (unpaired) electrons. The first-order valence-corrected chi connectivity index (χ1v) is 19.6. The minimum Gasteiger partial charge on any atom is -0.349 e. The third kappa shape index (κ3) is 10.4. The molecular formula is C44H40F10N6O6. The van der Waals surface area contributed by atoms with Crippen LogP contribution in [0.1, 0.15) is 50.9 Å². The van der Waals surface area contributed by atoms with Crippen LogP contribution in [0.25, 0.3) is 22.3 Å². The summed E-state index contributed by atoms with van der Waals surface area (Å²) in [5, 5.41) is 13.2. The number of carbonyl (C=O) groups is 6. The predicted molar refractivity (Wildman–Crippen MR) is 218 cm³/mol. The summed E-state index contributed by atoms with van der Waals surface area (Å²) in [5.74, 6) is -16.3. The molecule has 0 bridgehead atoms. The Morgan fingerprint density at radius 2 is 0.742 bits per heavy atom. The molecule has 2 atom stereocenters. The lowest BCUT2D eigenvalue weighted by atomic mass is 9.89. The van der Waals surface area contributed by atoms with Crippen molar-refractivity contribution in [2.75, 3.05) is 23.7 Å². The van der Waals surface area contributed by atoms with Crippen LogP contribution in [-0.4, -0.2) is 72.7 Å². The number of para-hydroxylation sites is 2. The van der Waals surface area contributed by atoms with Crippen LogP contribution in [0.4, 0.5) is 55.3 Å². The molecule has 0 aliphatic carbocycles. The summed E-state index contributed by atoms with van der Waals surface area (Å²) in [6.07, 6.45) is -11.7. The zero-order valence-corrected chi connectivity index (χ0v) is 35.0. The van der Waals surface area contributed by atoms with E-state index in [0.717, 1.165) is 27.7 Å². The van der Waals surface area contributed by atoms with E-state index < -0.39 is 95.6 Å². The van der Waals surface area contributed by atoms with E-state index in [1.165, 1.54) is 10.6 Å². The molecule has 66 heavy (non-hydrogen) atoms. The van der Waals surface area contributed by atoms with E-state index in [2.05, 4.69) is 21.3 Å². The van der Waals surface area contributed by atoms with Gasteiger partial charge in [0, 0.05) is 22.5 Å². The van der Waals surface area contributed by atoms with Gasteiger partial charge in [0.25, 0.3) is 11.8 Å². The first-order valence-electron chi connectivity index (χ1n) is 19.6. The summed E-state index contributed by atoms with van der Waals surface area (Å²) in [6, 6.07) is 24.8. The second kappa shape index (κ2) is 18.5. The highest BCUT2D eigenvalue weighted by atomic mass is 19.4. The number of carbonyl (C=O) groups excluding carboxylic acids is 6. The Balaban J connectivity index is 0.000000247. The SMILES string of the molecule is CC(C)(C(=O)NCC(F)(F)C(F)(F)F)C(=O)N[C@@H]1C(=O)Nc2ccccc2-c2ccccc21.CC(C)(C(=O)NCC(F)(F)C(F)(F)F)C(=O)N[C@@H]1C(=O)Nc2ccccc2-c2ccccc21. The number of amides is 6. The third-order valence-electron chi connectivity index (χ3n) is 10.6. The summed E-state index contributed by atoms with van der Waals surface area (Å²) >= 11 is 0. The van der Waals surface area contributed by atoms with Crippen LogP contribution in [0.2, 0.25) is 0 Å². The molecule has 12 nitrogen and oxygen atoms in total. The van der Waals surface area contributed by atoms with Gasteiger partial charge in [0.05, 0.1) is 13.1 Å². The third-order valence-corrected chi connectivity index (χ3v) is 10.6. The van der Waals surface area contributed by atoms with Gasteiger partial charge in [0.15, 0.2) is 0 Å². The number of hydrogen-bond acceptors (Lipinski definition) is 6. The van der Waals surface area contributed by atoms with Crippen LogP contribution in [-0.2, 0) is 28.8 Å². The molecule has 2 aliphatic rings. The van der Waals surface area contributed by atoms with Gasteiger partial charge in [-0.3, -0.25) is 28.8 Å². The largest absolute Gasteiger partial charge is 0.455 e. The lowest BCUT2D eigenvalue weighted by Gasteiger charge is -2.27. The Labute approximate surface area is 369 Å². The number of nitrogens with one attached hydrogen (secondary N) is 6. The Bertz CT molecular complexity index is 2370. The number of alkyl halides is 10. The van der Waals surface area contributed by atoms with E-state index in [0.29, 0.717) is 44.8 Å². The number of halogens is 10. The Hall–Kier alpha value is -7.00. The molecule has 6 N–H and O–H groups in total. The predicted octanol–water partition coefficient (Wildman–Crippen LogP) is 7.61. The molecule has 0 saturated heterocycles. The molecule has 22 heteroatoms. The molecule has 4 aromatic rings. The minimum atomic E-state index is -5.86. The molecule has 0 spiro atoms. The molecule has 0 unspecified atom stereocenters. The number of rotatable bonds is 10. The van der Waals surface area contributed by atoms with Crippen molar-refractivity contribution in [2.24, 2.45) is 10.8 Å². The highest BCUT2D eigenvalue weighted by molar-refractivity contribution is 6.10. The average molecular weight is 939 g/mol. The van der Waals surface area contributed by atoms with Crippen LogP contribution in [0.3, 0.4) is 0 Å². The monoisotopic (exact) mass is 938 g/mol. The standard InChI is InChI=1S/2C22H20F5N3O3/c2*1-20(2,18(32)28-11-21(23,24)22(25,26)27)19(33)30-16-14-9-4-3-7-12(14)13-8-5-6-10-15(13)29-17(16)31/h2*3-10,16H,11H2,1-2H3,(H,28,32)(H,29,31)(H,30,33)/t2*16-/m00/s1. The highest BCUT2D eigenvalue weighted by Gasteiger charge is 2.59. The van der Waals surface area contributed by atoms with Crippen molar-refractivity contribution in [1.29, 1.82) is 0 Å². The fourth-order valence-corrected chi connectivity index (χ4v) is 6.48. The summed E-state index contributed by atoms with van der Waals surface area (Å²) in [4.78, 5) is 76.2. The first kappa shape index (κ1) is 50.0. The van der Waals surface area contributed by atoms with Crippen LogP contribution < -0.4 is 31.9 Å². The van der Waals surface area contributed by atoms with Gasteiger partial charge >= 0.3 is 24.2 Å². The maximum absolute atomic E-state index is 13.2. The smallest absolute Gasteiger partial charge is 0.349 e. The van der Waals surface area contributed by atoms with Crippen molar-refractivity contribution in [3.8, 4) is 22.3 Å². The molecule has 2 heterocycles. The fourth-order valence-electron chi connectivity index (χ4n) is 6.48. The van der Waals surface area contributed by atoms with Gasteiger partial charge in [-0.2, -0.15) is 43.9 Å². The van der Waals surface area contributed by atoms with E-state index in [1.54, 1.807) is 97.1 Å². The van der Waals surface area contributed by atoms with Gasteiger partial charge in [-0.25, -0.2) is 0 Å². The minimum absolute atomic E-state index is 0.424. The van der Waals surface area contributed by atoms with Crippen LogP contribution in [0.5, 0.6) is 0 Å². The lowest BCUT2D eigenvalue weighted by molar-refractivity contribution is -0.279. The Morgan fingerprint density at radius 3 is 1.06 bits per heavy atom. The van der Waals surface area contributed by atoms with Crippen LogP contribution >= 0.6 is 0 Å². The van der Waals surface area contributed by atoms with Crippen LogP contribution in [0, 0.1) is 10.8 Å². The molecule has 0 aromatic heterocycles. The molecule has 0 saturated carbocycles. The molecule has 6 amide bonds. The van der Waals surface area contributed by atoms with Crippen molar-refractivity contribution in [3.63, 3.8) is 0 Å². The molecule has 6 rings (SSSR count). The van der Waals surface area contributed by atoms with Gasteiger partial charge in [-0.15, -0.1) is 0 Å². The summed E-state index contributed by atoms with van der Waals surface area (Å²) in [7, 11) is 0. The molecule has 2 aliphatic heterocycles. The Kier molecular flexibility index (Phi) is 14.0. The fraction of sp³-hybridized carbons (Fsp3) is 0.318. The van der Waals surface area contributed by atoms with Crippen molar-refractivity contribution in [3.05, 3.63) is 108 Å². The number of fused-ring (bicyclic) bond motifs is 6. The Morgan fingerprint density at radius 1 is 0.455 bits per heavy atom. The number of hydrogen-bond donors (Lipinski definition) is 6. The quantitative estimate of drug-likeness (QED) is 0.0706. The van der Waals surface area contributed by atoms with E-state index in [-0.39, 0.29) is 0 Å². The summed E-state index contributed by atoms with van der Waals surface area (Å²) < 4.78 is 127. The zero-order valence-electron chi connectivity index (χ0n) is 35.0. The molecular weight excluding hydrogens is 898 g/mol. The summed E-state index contributed by atoms with van der Waals surface area (Å²) in [5.41, 5.74) is 0.408. The molecule has 0 fully saturated rings.